The zero-order valence-corrected chi connectivity index (χ0v) is 18.9. The highest BCUT2D eigenvalue weighted by molar-refractivity contribution is 14.0. The van der Waals surface area contributed by atoms with E-state index in [1.54, 1.807) is 0 Å². The number of likely N-dealkylation sites (tertiary alicyclic amines) is 1. The minimum Gasteiger partial charge on any atom is -0.382 e. The second-order valence-electron chi connectivity index (χ2n) is 6.89. The number of halogens is 1. The number of aliphatic imine (C=N–C) groups is 1. The fraction of sp³-hybridized carbons (Fsp3) is 0.947. The Balaban J connectivity index is 0.00000338. The van der Waals surface area contributed by atoms with Crippen LogP contribution in [0.25, 0.3) is 0 Å². The van der Waals surface area contributed by atoms with Crippen LogP contribution < -0.4 is 5.32 Å². The number of piperidine rings is 1. The number of rotatable bonds is 9. The highest BCUT2D eigenvalue weighted by atomic mass is 127. The Hall–Kier alpha value is -0.120. The van der Waals surface area contributed by atoms with E-state index in [9.17, 15) is 0 Å². The molecule has 0 aromatic heterocycles. The molecule has 2 aliphatic heterocycles. The molecule has 7 heteroatoms. The topological polar surface area (TPSA) is 55.3 Å². The molecule has 2 saturated heterocycles. The minimum absolute atomic E-state index is 0. The maximum Gasteiger partial charge on any atom is 0.193 e. The van der Waals surface area contributed by atoms with Crippen LogP contribution in [0.15, 0.2) is 4.99 Å². The summed E-state index contributed by atoms with van der Waals surface area (Å²) in [6.07, 6.45) is 8.65. The SMILES string of the molecule is CCOCCCCNC(=NC)N1CCC(OCC2CCCCO2)CC1.I. The number of guanidine groups is 1. The second-order valence-corrected chi connectivity index (χ2v) is 6.89. The van der Waals surface area contributed by atoms with E-state index in [4.69, 9.17) is 14.2 Å². The van der Waals surface area contributed by atoms with Gasteiger partial charge in [-0.25, -0.2) is 0 Å². The first-order chi connectivity index (χ1) is 12.3. The van der Waals surface area contributed by atoms with Crippen molar-refractivity contribution in [2.24, 2.45) is 4.99 Å². The van der Waals surface area contributed by atoms with E-state index < -0.39 is 0 Å². The lowest BCUT2D eigenvalue weighted by Crippen LogP contribution is -2.47. The van der Waals surface area contributed by atoms with Crippen LogP contribution in [-0.4, -0.2) is 76.2 Å². The van der Waals surface area contributed by atoms with Gasteiger partial charge in [-0.05, 0) is 51.9 Å². The van der Waals surface area contributed by atoms with Crippen molar-refractivity contribution in [3.8, 4) is 0 Å². The largest absolute Gasteiger partial charge is 0.382 e. The van der Waals surface area contributed by atoms with Crippen LogP contribution in [0.5, 0.6) is 0 Å². The van der Waals surface area contributed by atoms with Crippen LogP contribution in [0.4, 0.5) is 0 Å². The molecule has 2 heterocycles. The predicted octanol–water partition coefficient (Wildman–Crippen LogP) is 3.05. The molecular weight excluding hydrogens is 445 g/mol. The van der Waals surface area contributed by atoms with Crippen LogP contribution in [-0.2, 0) is 14.2 Å². The highest BCUT2D eigenvalue weighted by Gasteiger charge is 2.23. The number of hydrogen-bond donors (Lipinski definition) is 1. The van der Waals surface area contributed by atoms with Gasteiger partial charge in [0, 0.05) is 46.5 Å². The predicted molar refractivity (Wildman–Crippen MR) is 117 cm³/mol. The Morgan fingerprint density at radius 2 is 2.00 bits per heavy atom. The maximum absolute atomic E-state index is 6.09. The lowest BCUT2D eigenvalue weighted by atomic mass is 10.1. The molecule has 0 aromatic rings. The quantitative estimate of drug-likeness (QED) is 0.237. The van der Waals surface area contributed by atoms with Crippen molar-refractivity contribution in [2.45, 2.75) is 64.1 Å². The van der Waals surface area contributed by atoms with Gasteiger partial charge in [0.2, 0.25) is 0 Å². The van der Waals surface area contributed by atoms with Gasteiger partial charge >= 0.3 is 0 Å². The third-order valence-electron chi connectivity index (χ3n) is 4.95. The summed E-state index contributed by atoms with van der Waals surface area (Å²) < 4.78 is 17.2. The third-order valence-corrected chi connectivity index (χ3v) is 4.95. The van der Waals surface area contributed by atoms with Gasteiger partial charge in [0.1, 0.15) is 0 Å². The van der Waals surface area contributed by atoms with E-state index in [0.29, 0.717) is 12.2 Å². The van der Waals surface area contributed by atoms with Crippen molar-refractivity contribution in [3.63, 3.8) is 0 Å². The normalized spacial score (nSPS) is 22.2. The second kappa shape index (κ2) is 14.9. The first kappa shape index (κ1) is 23.9. The number of unbranched alkanes of at least 4 members (excludes halogenated alkanes) is 1. The molecule has 26 heavy (non-hydrogen) atoms. The van der Waals surface area contributed by atoms with Crippen molar-refractivity contribution in [1.82, 2.24) is 10.2 Å². The Bertz CT molecular complexity index is 371. The van der Waals surface area contributed by atoms with Gasteiger partial charge in [-0.15, -0.1) is 24.0 Å². The molecule has 0 bridgehead atoms. The average molecular weight is 483 g/mol. The van der Waals surface area contributed by atoms with Gasteiger partial charge in [-0.1, -0.05) is 0 Å². The number of ether oxygens (including phenoxy) is 3. The Morgan fingerprint density at radius 3 is 2.65 bits per heavy atom. The van der Waals surface area contributed by atoms with Crippen LogP contribution in [0.2, 0.25) is 0 Å². The van der Waals surface area contributed by atoms with E-state index in [-0.39, 0.29) is 24.0 Å². The first-order valence-corrected chi connectivity index (χ1v) is 10.1. The molecule has 154 valence electrons. The fourth-order valence-electron chi connectivity index (χ4n) is 3.42. The van der Waals surface area contributed by atoms with Gasteiger partial charge in [0.05, 0.1) is 18.8 Å². The van der Waals surface area contributed by atoms with Gasteiger partial charge in [-0.2, -0.15) is 0 Å². The molecule has 2 rings (SSSR count). The van der Waals surface area contributed by atoms with Crippen molar-refractivity contribution < 1.29 is 14.2 Å². The van der Waals surface area contributed by atoms with Gasteiger partial charge in [0.25, 0.3) is 0 Å². The summed E-state index contributed by atoms with van der Waals surface area (Å²) in [5.74, 6) is 1.02. The Morgan fingerprint density at radius 1 is 1.19 bits per heavy atom. The molecule has 6 nitrogen and oxygen atoms in total. The van der Waals surface area contributed by atoms with Crippen LogP contribution >= 0.6 is 24.0 Å². The van der Waals surface area contributed by atoms with Crippen molar-refractivity contribution in [3.05, 3.63) is 0 Å². The van der Waals surface area contributed by atoms with Crippen molar-refractivity contribution in [1.29, 1.82) is 0 Å². The maximum atomic E-state index is 6.09. The summed E-state index contributed by atoms with van der Waals surface area (Å²) in [6.45, 7) is 8.33. The summed E-state index contributed by atoms with van der Waals surface area (Å²) in [4.78, 5) is 6.78. The molecule has 0 spiro atoms. The molecule has 2 aliphatic rings. The van der Waals surface area contributed by atoms with E-state index in [1.807, 2.05) is 14.0 Å². The molecule has 0 radical (unpaired) electrons. The lowest BCUT2D eigenvalue weighted by Gasteiger charge is -2.35. The molecule has 0 aromatic carbocycles. The molecule has 0 amide bonds. The minimum atomic E-state index is 0. The smallest absolute Gasteiger partial charge is 0.193 e. The molecule has 1 unspecified atom stereocenters. The Labute approximate surface area is 176 Å². The van der Waals surface area contributed by atoms with Crippen LogP contribution in [0.3, 0.4) is 0 Å². The van der Waals surface area contributed by atoms with Crippen LogP contribution in [0.1, 0.15) is 51.9 Å². The van der Waals surface area contributed by atoms with Gasteiger partial charge in [0.15, 0.2) is 5.96 Å². The zero-order valence-electron chi connectivity index (χ0n) is 16.6. The van der Waals surface area contributed by atoms with Gasteiger partial charge in [-0.3, -0.25) is 4.99 Å². The zero-order chi connectivity index (χ0) is 17.7. The van der Waals surface area contributed by atoms with E-state index in [1.165, 1.54) is 12.8 Å². The van der Waals surface area contributed by atoms with Crippen LogP contribution in [0, 0.1) is 0 Å². The number of nitrogens with zero attached hydrogens (tertiary/aromatic N) is 2. The van der Waals surface area contributed by atoms with E-state index in [2.05, 4.69) is 15.2 Å². The monoisotopic (exact) mass is 483 g/mol. The van der Waals surface area contributed by atoms with Crippen molar-refractivity contribution in [2.75, 3.05) is 53.1 Å². The molecule has 1 N–H and O–H groups in total. The Kier molecular flexibility index (Phi) is 13.7. The molecule has 2 fully saturated rings. The molecule has 0 saturated carbocycles. The van der Waals surface area contributed by atoms with E-state index in [0.717, 1.165) is 84.1 Å². The molecule has 1 atom stereocenters. The van der Waals surface area contributed by atoms with Crippen molar-refractivity contribution >= 4 is 29.9 Å². The lowest BCUT2D eigenvalue weighted by molar-refractivity contribution is -0.0721. The summed E-state index contributed by atoms with van der Waals surface area (Å²) in [5.41, 5.74) is 0. The van der Waals surface area contributed by atoms with E-state index >= 15 is 0 Å². The number of nitrogens with one attached hydrogen (secondary N) is 1. The van der Waals surface area contributed by atoms with Gasteiger partial charge < -0.3 is 24.4 Å². The number of hydrogen-bond acceptors (Lipinski definition) is 4. The summed E-state index contributed by atoms with van der Waals surface area (Å²) in [5, 5.41) is 3.47. The summed E-state index contributed by atoms with van der Waals surface area (Å²) in [7, 11) is 1.87. The standard InChI is InChI=1S/C19H37N3O3.HI/c1-3-23-14-7-5-11-21-19(20-2)22-12-9-17(10-13-22)25-16-18-8-4-6-15-24-18;/h17-18H,3-16H2,1-2H3,(H,20,21);1H. The average Bonchev–Trinajstić information content (AvgIpc) is 2.67. The fourth-order valence-corrected chi connectivity index (χ4v) is 3.42. The molecule has 0 aliphatic carbocycles. The summed E-state index contributed by atoms with van der Waals surface area (Å²) >= 11 is 0. The highest BCUT2D eigenvalue weighted by Crippen LogP contribution is 2.17. The first-order valence-electron chi connectivity index (χ1n) is 10.1. The molecular formula is C19H38IN3O3. The third kappa shape index (κ3) is 9.19. The summed E-state index contributed by atoms with van der Waals surface area (Å²) in [6, 6.07) is 0.